The lowest BCUT2D eigenvalue weighted by Gasteiger charge is -2.38. The van der Waals surface area contributed by atoms with Gasteiger partial charge in [-0.05, 0) is 31.2 Å². The van der Waals surface area contributed by atoms with E-state index >= 15 is 0 Å². The van der Waals surface area contributed by atoms with Crippen LogP contribution in [-0.4, -0.2) is 65.2 Å². The highest BCUT2D eigenvalue weighted by atomic mass is 127. The Morgan fingerprint density at radius 2 is 1.93 bits per heavy atom. The van der Waals surface area contributed by atoms with Gasteiger partial charge in [-0.25, -0.2) is 0 Å². The van der Waals surface area contributed by atoms with Crippen LogP contribution >= 0.6 is 24.0 Å². The number of rotatable bonds is 8. The van der Waals surface area contributed by atoms with Crippen molar-refractivity contribution in [3.8, 4) is 0 Å². The molecule has 1 aromatic rings. The van der Waals surface area contributed by atoms with Crippen molar-refractivity contribution in [3.05, 3.63) is 35.9 Å². The standard InChI is InChI=1S/C21H33N3O3.HI/c1-22-20(23-11-5-12-27-19-8-13-26-16-19)24-17-21(9-14-25-15-10-21)18-6-3-2-4-7-18;/h2-4,6-7,19H,5,8-17H2,1H3,(H2,22,23,24);1H. The van der Waals surface area contributed by atoms with Crippen molar-refractivity contribution >= 4 is 29.9 Å². The molecule has 6 nitrogen and oxygen atoms in total. The topological polar surface area (TPSA) is 64.1 Å². The minimum Gasteiger partial charge on any atom is -0.381 e. The molecule has 0 aromatic heterocycles. The van der Waals surface area contributed by atoms with E-state index in [1.807, 2.05) is 7.05 Å². The zero-order chi connectivity index (χ0) is 18.8. The summed E-state index contributed by atoms with van der Waals surface area (Å²) in [6.45, 7) is 5.64. The summed E-state index contributed by atoms with van der Waals surface area (Å²) in [5.74, 6) is 0.848. The number of nitrogens with one attached hydrogen (secondary N) is 2. The van der Waals surface area contributed by atoms with E-state index in [9.17, 15) is 0 Å². The van der Waals surface area contributed by atoms with Gasteiger partial charge in [-0.3, -0.25) is 4.99 Å². The fourth-order valence-corrected chi connectivity index (χ4v) is 3.77. The summed E-state index contributed by atoms with van der Waals surface area (Å²) in [6, 6.07) is 10.8. The maximum Gasteiger partial charge on any atom is 0.191 e. The first kappa shape index (κ1) is 23.4. The Morgan fingerprint density at radius 1 is 1.14 bits per heavy atom. The number of aliphatic imine (C=N–C) groups is 1. The van der Waals surface area contributed by atoms with Crippen molar-refractivity contribution in [1.82, 2.24) is 10.6 Å². The maximum atomic E-state index is 5.81. The Bertz CT molecular complexity index is 574. The molecule has 1 unspecified atom stereocenters. The molecule has 28 heavy (non-hydrogen) atoms. The normalized spacial score (nSPS) is 21.8. The molecule has 2 saturated heterocycles. The summed E-state index contributed by atoms with van der Waals surface area (Å²) >= 11 is 0. The Kier molecular flexibility index (Phi) is 10.5. The molecule has 0 radical (unpaired) electrons. The van der Waals surface area contributed by atoms with Gasteiger partial charge in [0.1, 0.15) is 0 Å². The molecule has 1 atom stereocenters. The molecule has 0 saturated carbocycles. The Morgan fingerprint density at radius 3 is 2.61 bits per heavy atom. The summed E-state index contributed by atoms with van der Waals surface area (Å²) in [5, 5.41) is 6.93. The molecule has 2 fully saturated rings. The minimum atomic E-state index is 0. The molecule has 7 heteroatoms. The van der Waals surface area contributed by atoms with Crippen molar-refractivity contribution in [1.29, 1.82) is 0 Å². The first-order valence-electron chi connectivity index (χ1n) is 10.1. The molecule has 1 aromatic carbocycles. The third-order valence-electron chi connectivity index (χ3n) is 5.51. The van der Waals surface area contributed by atoms with Gasteiger partial charge in [0.2, 0.25) is 0 Å². The van der Waals surface area contributed by atoms with Crippen molar-refractivity contribution in [2.75, 3.05) is 53.2 Å². The van der Waals surface area contributed by atoms with E-state index in [1.54, 1.807) is 0 Å². The van der Waals surface area contributed by atoms with E-state index in [4.69, 9.17) is 14.2 Å². The first-order valence-corrected chi connectivity index (χ1v) is 10.1. The molecular formula is C21H34IN3O3. The molecular weight excluding hydrogens is 469 g/mol. The van der Waals surface area contributed by atoms with E-state index in [-0.39, 0.29) is 35.5 Å². The number of hydrogen-bond acceptors (Lipinski definition) is 4. The van der Waals surface area contributed by atoms with Crippen LogP contribution in [0.4, 0.5) is 0 Å². The van der Waals surface area contributed by atoms with Gasteiger partial charge in [-0.2, -0.15) is 0 Å². The summed E-state index contributed by atoms with van der Waals surface area (Å²) in [5.41, 5.74) is 1.48. The van der Waals surface area contributed by atoms with Crippen LogP contribution in [0.15, 0.2) is 35.3 Å². The third kappa shape index (κ3) is 6.86. The van der Waals surface area contributed by atoms with Crippen LogP contribution in [0.2, 0.25) is 0 Å². The van der Waals surface area contributed by atoms with Crippen LogP contribution in [0.1, 0.15) is 31.2 Å². The minimum absolute atomic E-state index is 0. The van der Waals surface area contributed by atoms with E-state index < -0.39 is 0 Å². The van der Waals surface area contributed by atoms with Crippen LogP contribution in [0.3, 0.4) is 0 Å². The predicted molar refractivity (Wildman–Crippen MR) is 123 cm³/mol. The second-order valence-electron chi connectivity index (χ2n) is 7.32. The number of guanidine groups is 1. The zero-order valence-corrected chi connectivity index (χ0v) is 19.2. The summed E-state index contributed by atoms with van der Waals surface area (Å²) < 4.78 is 16.8. The van der Waals surface area contributed by atoms with Gasteiger partial charge in [0.25, 0.3) is 0 Å². The van der Waals surface area contributed by atoms with Gasteiger partial charge < -0.3 is 24.8 Å². The second kappa shape index (κ2) is 12.6. The van der Waals surface area contributed by atoms with E-state index in [1.165, 1.54) is 5.56 Å². The van der Waals surface area contributed by atoms with Crippen molar-refractivity contribution in [3.63, 3.8) is 0 Å². The first-order chi connectivity index (χ1) is 13.3. The molecule has 2 aliphatic rings. The van der Waals surface area contributed by atoms with Gasteiger partial charge in [-0.1, -0.05) is 30.3 Å². The third-order valence-corrected chi connectivity index (χ3v) is 5.51. The molecule has 3 rings (SSSR count). The monoisotopic (exact) mass is 503 g/mol. The van der Waals surface area contributed by atoms with E-state index in [2.05, 4.69) is 46.0 Å². The number of nitrogens with zero attached hydrogens (tertiary/aromatic N) is 1. The molecule has 2 N–H and O–H groups in total. The average Bonchev–Trinajstić information content (AvgIpc) is 3.25. The summed E-state index contributed by atoms with van der Waals surface area (Å²) in [7, 11) is 1.82. The lowest BCUT2D eigenvalue weighted by molar-refractivity contribution is 0.0419. The van der Waals surface area contributed by atoms with Gasteiger partial charge in [0, 0.05) is 52.0 Å². The largest absolute Gasteiger partial charge is 0.381 e. The van der Waals surface area contributed by atoms with Gasteiger partial charge in [0.05, 0.1) is 12.7 Å². The lowest BCUT2D eigenvalue weighted by atomic mass is 9.74. The van der Waals surface area contributed by atoms with Crippen molar-refractivity contribution in [2.45, 2.75) is 37.2 Å². The van der Waals surface area contributed by atoms with Crippen LogP contribution in [0.5, 0.6) is 0 Å². The van der Waals surface area contributed by atoms with Gasteiger partial charge in [-0.15, -0.1) is 24.0 Å². The highest BCUT2D eigenvalue weighted by Gasteiger charge is 2.34. The summed E-state index contributed by atoms with van der Waals surface area (Å²) in [6.07, 6.45) is 4.30. The molecule has 2 aliphatic heterocycles. The zero-order valence-electron chi connectivity index (χ0n) is 16.8. The Balaban J connectivity index is 0.00000280. The van der Waals surface area contributed by atoms with E-state index in [0.717, 1.165) is 77.8 Å². The quantitative estimate of drug-likeness (QED) is 0.247. The Labute approximate surface area is 185 Å². The van der Waals surface area contributed by atoms with Gasteiger partial charge in [0.15, 0.2) is 5.96 Å². The number of ether oxygens (including phenoxy) is 3. The average molecular weight is 503 g/mol. The second-order valence-corrected chi connectivity index (χ2v) is 7.32. The van der Waals surface area contributed by atoms with Crippen LogP contribution < -0.4 is 10.6 Å². The number of benzene rings is 1. The smallest absolute Gasteiger partial charge is 0.191 e. The molecule has 2 heterocycles. The molecule has 0 amide bonds. The fraction of sp³-hybridized carbons (Fsp3) is 0.667. The highest BCUT2D eigenvalue weighted by molar-refractivity contribution is 14.0. The van der Waals surface area contributed by atoms with Crippen LogP contribution in [0, 0.1) is 0 Å². The van der Waals surface area contributed by atoms with Crippen molar-refractivity contribution in [2.24, 2.45) is 4.99 Å². The molecule has 158 valence electrons. The van der Waals surface area contributed by atoms with Crippen molar-refractivity contribution < 1.29 is 14.2 Å². The number of halogens is 1. The molecule has 0 aliphatic carbocycles. The lowest BCUT2D eigenvalue weighted by Crippen LogP contribution is -2.48. The molecule has 0 bridgehead atoms. The fourth-order valence-electron chi connectivity index (χ4n) is 3.77. The summed E-state index contributed by atoms with van der Waals surface area (Å²) in [4.78, 5) is 4.37. The van der Waals surface area contributed by atoms with Crippen LogP contribution in [0.25, 0.3) is 0 Å². The SMILES string of the molecule is CN=C(NCCCOC1CCOC1)NCC1(c2ccccc2)CCOCC1.I. The Hall–Kier alpha value is -0.900. The van der Waals surface area contributed by atoms with Gasteiger partial charge >= 0.3 is 0 Å². The maximum absolute atomic E-state index is 5.81. The highest BCUT2D eigenvalue weighted by Crippen LogP contribution is 2.34. The number of hydrogen-bond donors (Lipinski definition) is 2. The predicted octanol–water partition coefficient (Wildman–Crippen LogP) is 2.71. The molecule has 0 spiro atoms. The van der Waals surface area contributed by atoms with E-state index in [0.29, 0.717) is 0 Å². The van der Waals surface area contributed by atoms with Crippen LogP contribution in [-0.2, 0) is 19.6 Å².